The molecule has 0 spiro atoms. The molecule has 62 valence electrons. The van der Waals surface area contributed by atoms with Crippen LogP contribution in [0, 0.1) is 12.3 Å². The van der Waals surface area contributed by atoms with Gasteiger partial charge in [0.1, 0.15) is 0 Å². The zero-order valence-electron chi connectivity index (χ0n) is 7.05. The van der Waals surface area contributed by atoms with Crippen molar-refractivity contribution in [1.29, 1.82) is 0 Å². The van der Waals surface area contributed by atoms with Gasteiger partial charge in [-0.25, -0.2) is 0 Å². The summed E-state index contributed by atoms with van der Waals surface area (Å²) in [6.45, 7) is 5.64. The van der Waals surface area contributed by atoms with Gasteiger partial charge in [0.15, 0.2) is 0 Å². The minimum atomic E-state index is 0.577. The van der Waals surface area contributed by atoms with Crippen molar-refractivity contribution in [3.8, 4) is 12.3 Å². The molecule has 1 fully saturated rings. The van der Waals surface area contributed by atoms with Crippen LogP contribution in [0.5, 0.6) is 0 Å². The van der Waals surface area contributed by atoms with E-state index in [1.807, 2.05) is 0 Å². The Kier molecular flexibility index (Phi) is 3.41. The summed E-state index contributed by atoms with van der Waals surface area (Å²) in [6, 6.07) is 0.577. The minimum absolute atomic E-state index is 0.577. The van der Waals surface area contributed by atoms with Gasteiger partial charge in [0.2, 0.25) is 0 Å². The summed E-state index contributed by atoms with van der Waals surface area (Å²) in [6.07, 6.45) is 6.34. The van der Waals surface area contributed by atoms with Crippen molar-refractivity contribution in [3.63, 3.8) is 0 Å². The molecule has 0 saturated carbocycles. The first-order valence-corrected chi connectivity index (χ1v) is 4.10. The summed E-state index contributed by atoms with van der Waals surface area (Å²) >= 11 is 0. The average Bonchev–Trinajstić information content (AvgIpc) is 2.18. The quantitative estimate of drug-likeness (QED) is 0.515. The molecule has 1 aliphatic heterocycles. The maximum Gasteiger partial charge on any atom is 0.0602 e. The van der Waals surface area contributed by atoms with Crippen LogP contribution in [0.15, 0.2) is 0 Å². The van der Waals surface area contributed by atoms with Gasteiger partial charge in [-0.15, -0.1) is 6.42 Å². The van der Waals surface area contributed by atoms with Crippen molar-refractivity contribution in [3.05, 3.63) is 0 Å². The highest BCUT2D eigenvalue weighted by molar-refractivity contribution is 4.90. The number of hydrogen-bond acceptors (Lipinski definition) is 2. The lowest BCUT2D eigenvalue weighted by atomic mass is 10.2. The number of rotatable bonds is 1. The van der Waals surface area contributed by atoms with Gasteiger partial charge < -0.3 is 4.74 Å². The maximum absolute atomic E-state index is 5.33. The molecule has 1 unspecified atom stereocenters. The van der Waals surface area contributed by atoms with Crippen LogP contribution >= 0.6 is 0 Å². The number of hydrogen-bond donors (Lipinski definition) is 0. The van der Waals surface area contributed by atoms with Crippen molar-refractivity contribution in [2.24, 2.45) is 0 Å². The number of terminal acetylenes is 1. The van der Waals surface area contributed by atoms with E-state index >= 15 is 0 Å². The van der Waals surface area contributed by atoms with Crippen LogP contribution in [-0.2, 0) is 4.74 Å². The molecule has 1 atom stereocenters. The fraction of sp³-hybridized carbons (Fsp3) is 0.778. The zero-order chi connectivity index (χ0) is 8.10. The zero-order valence-corrected chi connectivity index (χ0v) is 7.05. The van der Waals surface area contributed by atoms with Crippen LogP contribution in [0.2, 0.25) is 0 Å². The maximum atomic E-state index is 5.33. The SMILES string of the molecule is C#CCN1CCOCCC1C. The molecule has 1 saturated heterocycles. The van der Waals surface area contributed by atoms with E-state index in [1.54, 1.807) is 0 Å². The first-order valence-electron chi connectivity index (χ1n) is 4.10. The van der Waals surface area contributed by atoms with E-state index in [0.29, 0.717) is 6.04 Å². The van der Waals surface area contributed by atoms with Crippen LogP contribution in [0.3, 0.4) is 0 Å². The Bertz CT molecular complexity index is 150. The third kappa shape index (κ3) is 2.53. The summed E-state index contributed by atoms with van der Waals surface area (Å²) in [5.74, 6) is 2.67. The van der Waals surface area contributed by atoms with Gasteiger partial charge >= 0.3 is 0 Å². The molecule has 0 N–H and O–H groups in total. The van der Waals surface area contributed by atoms with E-state index in [0.717, 1.165) is 32.7 Å². The lowest BCUT2D eigenvalue weighted by Gasteiger charge is -2.23. The Morgan fingerprint density at radius 3 is 3.18 bits per heavy atom. The normalized spacial score (nSPS) is 27.5. The summed E-state index contributed by atoms with van der Waals surface area (Å²) in [5.41, 5.74) is 0. The third-order valence-corrected chi connectivity index (χ3v) is 2.12. The molecule has 0 aromatic rings. The van der Waals surface area contributed by atoms with Crippen molar-refractivity contribution >= 4 is 0 Å². The third-order valence-electron chi connectivity index (χ3n) is 2.12. The predicted molar refractivity (Wildman–Crippen MR) is 45.3 cm³/mol. The summed E-state index contributed by atoms with van der Waals surface area (Å²) in [5, 5.41) is 0. The minimum Gasteiger partial charge on any atom is -0.380 e. The Morgan fingerprint density at radius 2 is 2.45 bits per heavy atom. The van der Waals surface area contributed by atoms with E-state index in [-0.39, 0.29) is 0 Å². The van der Waals surface area contributed by atoms with Crippen molar-refractivity contribution in [2.75, 3.05) is 26.3 Å². The van der Waals surface area contributed by atoms with E-state index in [1.165, 1.54) is 0 Å². The first kappa shape index (κ1) is 8.58. The predicted octanol–water partition coefficient (Wildman–Crippen LogP) is 0.730. The number of ether oxygens (including phenoxy) is 1. The van der Waals surface area contributed by atoms with E-state index < -0.39 is 0 Å². The monoisotopic (exact) mass is 153 g/mol. The summed E-state index contributed by atoms with van der Waals surface area (Å²) < 4.78 is 5.33. The van der Waals surface area contributed by atoms with Crippen molar-refractivity contribution in [2.45, 2.75) is 19.4 Å². The molecule has 0 radical (unpaired) electrons. The van der Waals surface area contributed by atoms with Crippen LogP contribution in [0.1, 0.15) is 13.3 Å². The second kappa shape index (κ2) is 4.38. The fourth-order valence-electron chi connectivity index (χ4n) is 1.29. The van der Waals surface area contributed by atoms with E-state index in [2.05, 4.69) is 17.7 Å². The molecule has 1 rings (SSSR count). The van der Waals surface area contributed by atoms with E-state index in [9.17, 15) is 0 Å². The van der Waals surface area contributed by atoms with Gasteiger partial charge in [0.05, 0.1) is 13.2 Å². The van der Waals surface area contributed by atoms with Gasteiger partial charge in [-0.1, -0.05) is 5.92 Å². The second-order valence-corrected chi connectivity index (χ2v) is 2.92. The smallest absolute Gasteiger partial charge is 0.0602 e. The largest absolute Gasteiger partial charge is 0.380 e. The van der Waals surface area contributed by atoms with Gasteiger partial charge in [-0.3, -0.25) is 4.90 Å². The lowest BCUT2D eigenvalue weighted by Crippen LogP contribution is -2.34. The first-order chi connectivity index (χ1) is 5.34. The average molecular weight is 153 g/mol. The molecule has 0 aromatic carbocycles. The second-order valence-electron chi connectivity index (χ2n) is 2.92. The van der Waals surface area contributed by atoms with Gasteiger partial charge in [0, 0.05) is 19.2 Å². The molecule has 0 amide bonds. The standard InChI is InChI=1S/C9H15NO/c1-3-5-10-6-8-11-7-4-9(10)2/h1,9H,4-8H2,2H3. The molecule has 0 bridgehead atoms. The fourth-order valence-corrected chi connectivity index (χ4v) is 1.29. The Hall–Kier alpha value is -0.520. The Labute approximate surface area is 68.5 Å². The molecule has 0 aromatic heterocycles. The molecule has 2 heteroatoms. The Balaban J connectivity index is 2.40. The molecule has 1 aliphatic rings. The lowest BCUT2D eigenvalue weighted by molar-refractivity contribution is 0.143. The molecular weight excluding hydrogens is 138 g/mol. The summed E-state index contributed by atoms with van der Waals surface area (Å²) in [4.78, 5) is 2.28. The van der Waals surface area contributed by atoms with Crippen molar-refractivity contribution < 1.29 is 4.74 Å². The van der Waals surface area contributed by atoms with Gasteiger partial charge in [-0.2, -0.15) is 0 Å². The molecule has 11 heavy (non-hydrogen) atoms. The number of nitrogens with zero attached hydrogens (tertiary/aromatic N) is 1. The van der Waals surface area contributed by atoms with Crippen LogP contribution < -0.4 is 0 Å². The molecular formula is C9H15NO. The van der Waals surface area contributed by atoms with Gasteiger partial charge in [0.25, 0.3) is 0 Å². The Morgan fingerprint density at radius 1 is 1.64 bits per heavy atom. The molecule has 2 nitrogen and oxygen atoms in total. The highest BCUT2D eigenvalue weighted by atomic mass is 16.5. The van der Waals surface area contributed by atoms with Crippen LogP contribution in [0.25, 0.3) is 0 Å². The highest BCUT2D eigenvalue weighted by Crippen LogP contribution is 2.06. The highest BCUT2D eigenvalue weighted by Gasteiger charge is 2.15. The van der Waals surface area contributed by atoms with Crippen LogP contribution in [0.4, 0.5) is 0 Å². The summed E-state index contributed by atoms with van der Waals surface area (Å²) in [7, 11) is 0. The topological polar surface area (TPSA) is 12.5 Å². The van der Waals surface area contributed by atoms with Crippen LogP contribution in [-0.4, -0.2) is 37.2 Å². The molecule has 1 heterocycles. The van der Waals surface area contributed by atoms with Crippen molar-refractivity contribution in [1.82, 2.24) is 4.90 Å². The molecule has 0 aliphatic carbocycles. The van der Waals surface area contributed by atoms with E-state index in [4.69, 9.17) is 11.2 Å². The van der Waals surface area contributed by atoms with Gasteiger partial charge in [-0.05, 0) is 13.3 Å².